The van der Waals surface area contributed by atoms with Crippen LogP contribution in [0.15, 0.2) is 48.6 Å². The van der Waals surface area contributed by atoms with Crippen LogP contribution in [0.1, 0.15) is 162 Å². The van der Waals surface area contributed by atoms with Gasteiger partial charge in [0.25, 0.3) is 0 Å². The molecule has 0 spiro atoms. The minimum absolute atomic E-state index is 0.0696. The van der Waals surface area contributed by atoms with Gasteiger partial charge in [0.05, 0.1) is 25.4 Å². The molecule has 0 heterocycles. The summed E-state index contributed by atoms with van der Waals surface area (Å²) in [5, 5.41) is 13.5. The summed E-state index contributed by atoms with van der Waals surface area (Å²) in [7, 11) is -4.34. The summed E-state index contributed by atoms with van der Waals surface area (Å²) < 4.78 is 22.0. The average molecular weight is 697 g/mol. The second-order valence-corrected chi connectivity index (χ2v) is 14.2. The number of nitrogens with one attached hydrogen (secondary N) is 1. The van der Waals surface area contributed by atoms with E-state index in [-0.39, 0.29) is 25.7 Å². The van der Waals surface area contributed by atoms with Crippen molar-refractivity contribution in [1.82, 2.24) is 5.32 Å². The van der Waals surface area contributed by atoms with Gasteiger partial charge in [-0.15, -0.1) is 0 Å². The molecule has 1 amide bonds. The maximum Gasteiger partial charge on any atom is 0.472 e. The predicted molar refractivity (Wildman–Crippen MR) is 203 cm³/mol. The third-order valence-corrected chi connectivity index (χ3v) is 9.07. The number of amides is 1. The van der Waals surface area contributed by atoms with Gasteiger partial charge in [0, 0.05) is 13.0 Å². The molecule has 0 aliphatic heterocycles. The second-order valence-electron chi connectivity index (χ2n) is 12.8. The van der Waals surface area contributed by atoms with Crippen LogP contribution in [0, 0.1) is 0 Å². The Hall–Kier alpha value is -1.54. The number of rotatable bonds is 35. The third-order valence-electron chi connectivity index (χ3n) is 8.09. The van der Waals surface area contributed by atoms with Gasteiger partial charge in [-0.3, -0.25) is 13.8 Å². The lowest BCUT2D eigenvalue weighted by atomic mass is 10.1. The van der Waals surface area contributed by atoms with Crippen LogP contribution in [-0.2, 0) is 18.4 Å². The van der Waals surface area contributed by atoms with Gasteiger partial charge in [-0.05, 0) is 64.2 Å². The Morgan fingerprint density at radius 1 is 0.667 bits per heavy atom. The van der Waals surface area contributed by atoms with E-state index in [1.54, 1.807) is 6.08 Å². The topological polar surface area (TPSA) is 131 Å². The fourth-order valence-corrected chi connectivity index (χ4v) is 5.92. The molecule has 0 fully saturated rings. The molecule has 0 rings (SSSR count). The first-order valence-electron chi connectivity index (χ1n) is 19.3. The Morgan fingerprint density at radius 3 is 1.69 bits per heavy atom. The van der Waals surface area contributed by atoms with Crippen molar-refractivity contribution in [2.75, 3.05) is 19.8 Å². The van der Waals surface area contributed by atoms with Crippen molar-refractivity contribution in [3.05, 3.63) is 48.6 Å². The van der Waals surface area contributed by atoms with E-state index in [9.17, 15) is 19.4 Å². The number of unbranched alkanes of at least 4 members (excludes halogenated alkanes) is 17. The monoisotopic (exact) mass is 697 g/mol. The number of phosphoric ester groups is 1. The van der Waals surface area contributed by atoms with Crippen LogP contribution in [-0.4, -0.2) is 47.8 Å². The molecule has 280 valence electrons. The van der Waals surface area contributed by atoms with Crippen molar-refractivity contribution in [3.8, 4) is 0 Å². The van der Waals surface area contributed by atoms with Gasteiger partial charge in [0.1, 0.15) is 0 Å². The van der Waals surface area contributed by atoms with Crippen LogP contribution >= 0.6 is 7.82 Å². The number of allylic oxidation sites excluding steroid dienone is 7. The zero-order valence-electron chi connectivity index (χ0n) is 30.7. The number of hydrogen-bond acceptors (Lipinski definition) is 6. The lowest BCUT2D eigenvalue weighted by Crippen LogP contribution is -2.45. The first-order chi connectivity index (χ1) is 23.4. The Bertz CT molecular complexity index is 892. The highest BCUT2D eigenvalue weighted by Gasteiger charge is 2.26. The van der Waals surface area contributed by atoms with Crippen molar-refractivity contribution in [2.45, 2.75) is 174 Å². The molecule has 0 aliphatic rings. The standard InChI is InChI=1S/C39H73N2O6P/c1-3-5-7-9-11-13-15-16-17-18-19-20-21-23-25-27-29-31-33-39(43)41-37(36-47-48(44,45)46-35-34-40)38(42)32-30-28-26-24-22-14-12-10-8-6-4-2/h8,10,17-18,22,24,30,32,37-38,42H,3-7,9,11-16,19-21,23,25-29,31,33-36,40H2,1-2H3,(H,41,43)(H,44,45)/b10-8+,18-17-,24-22+,32-30+. The smallest absolute Gasteiger partial charge is 0.387 e. The van der Waals surface area contributed by atoms with Crippen molar-refractivity contribution in [3.63, 3.8) is 0 Å². The van der Waals surface area contributed by atoms with E-state index < -0.39 is 20.0 Å². The molecule has 0 aromatic rings. The number of hydrogen-bond donors (Lipinski definition) is 4. The average Bonchev–Trinajstić information content (AvgIpc) is 3.07. The van der Waals surface area contributed by atoms with Gasteiger partial charge in [0.15, 0.2) is 0 Å². The first kappa shape index (κ1) is 46.5. The molecule has 0 saturated carbocycles. The predicted octanol–water partition coefficient (Wildman–Crippen LogP) is 10.2. The lowest BCUT2D eigenvalue weighted by Gasteiger charge is -2.23. The number of aliphatic hydroxyl groups excluding tert-OH is 1. The highest BCUT2D eigenvalue weighted by atomic mass is 31.2. The van der Waals surface area contributed by atoms with E-state index in [1.165, 1.54) is 89.9 Å². The SMILES string of the molecule is CCC/C=C/CC/C=C/CC/C=C/C(O)C(COP(=O)(O)OCCN)NC(=O)CCCCCCCCC/C=C\CCCCCCCCC. The van der Waals surface area contributed by atoms with Crippen LogP contribution in [0.4, 0.5) is 0 Å². The fourth-order valence-electron chi connectivity index (χ4n) is 5.16. The Morgan fingerprint density at radius 2 is 1.15 bits per heavy atom. The molecule has 0 bridgehead atoms. The van der Waals surface area contributed by atoms with Gasteiger partial charge in [-0.25, -0.2) is 4.57 Å². The first-order valence-corrected chi connectivity index (χ1v) is 20.8. The van der Waals surface area contributed by atoms with Gasteiger partial charge < -0.3 is 21.1 Å². The Balaban J connectivity index is 4.29. The van der Waals surface area contributed by atoms with Gasteiger partial charge >= 0.3 is 7.82 Å². The molecule has 0 aliphatic carbocycles. The van der Waals surface area contributed by atoms with Crippen molar-refractivity contribution < 1.29 is 28.4 Å². The second kappa shape index (κ2) is 35.3. The summed E-state index contributed by atoms with van der Waals surface area (Å²) >= 11 is 0. The molecule has 3 unspecified atom stereocenters. The summed E-state index contributed by atoms with van der Waals surface area (Å²) in [6, 6.07) is -0.884. The van der Waals surface area contributed by atoms with Crippen LogP contribution < -0.4 is 11.1 Å². The van der Waals surface area contributed by atoms with Crippen LogP contribution in [0.5, 0.6) is 0 Å². The summed E-state index contributed by atoms with van der Waals surface area (Å²) in [5.74, 6) is -0.217. The normalized spacial score (nSPS) is 14.9. The van der Waals surface area contributed by atoms with E-state index in [1.807, 2.05) is 6.08 Å². The molecule has 0 radical (unpaired) electrons. The van der Waals surface area contributed by atoms with E-state index in [2.05, 4.69) is 55.6 Å². The third kappa shape index (κ3) is 33.0. The molecule has 5 N–H and O–H groups in total. The maximum atomic E-state index is 12.7. The summed E-state index contributed by atoms with van der Waals surface area (Å²) in [6.45, 7) is 4.00. The number of carbonyl (C=O) groups excluding carboxylic acids is 1. The fraction of sp³-hybridized carbons (Fsp3) is 0.769. The molecule has 3 atom stereocenters. The molecular weight excluding hydrogens is 623 g/mol. The summed E-state index contributed by atoms with van der Waals surface area (Å²) in [5.41, 5.74) is 5.35. The summed E-state index contributed by atoms with van der Waals surface area (Å²) in [4.78, 5) is 22.6. The zero-order chi connectivity index (χ0) is 35.4. The maximum absolute atomic E-state index is 12.7. The Labute approximate surface area is 294 Å². The van der Waals surface area contributed by atoms with E-state index in [0.29, 0.717) is 6.42 Å². The van der Waals surface area contributed by atoms with E-state index in [0.717, 1.165) is 51.4 Å². The van der Waals surface area contributed by atoms with Crippen LogP contribution in [0.2, 0.25) is 0 Å². The number of carbonyl (C=O) groups is 1. The van der Waals surface area contributed by atoms with Crippen LogP contribution in [0.3, 0.4) is 0 Å². The van der Waals surface area contributed by atoms with Crippen LogP contribution in [0.25, 0.3) is 0 Å². The molecule has 9 heteroatoms. The van der Waals surface area contributed by atoms with Crippen molar-refractivity contribution in [1.29, 1.82) is 0 Å². The van der Waals surface area contributed by atoms with Gasteiger partial charge in [0.2, 0.25) is 5.91 Å². The quantitative estimate of drug-likeness (QED) is 0.0295. The molecule has 0 aromatic carbocycles. The number of nitrogens with two attached hydrogens (primary N) is 1. The zero-order valence-corrected chi connectivity index (χ0v) is 31.6. The largest absolute Gasteiger partial charge is 0.472 e. The highest BCUT2D eigenvalue weighted by Crippen LogP contribution is 2.43. The molecule has 48 heavy (non-hydrogen) atoms. The Kier molecular flexibility index (Phi) is 34.2. The summed E-state index contributed by atoms with van der Waals surface area (Å²) in [6.07, 6.45) is 41.6. The minimum Gasteiger partial charge on any atom is -0.387 e. The molecule has 0 aromatic heterocycles. The number of phosphoric acid groups is 1. The number of aliphatic hydroxyl groups is 1. The van der Waals surface area contributed by atoms with E-state index >= 15 is 0 Å². The highest BCUT2D eigenvalue weighted by molar-refractivity contribution is 7.47. The lowest BCUT2D eigenvalue weighted by molar-refractivity contribution is -0.123. The molecule has 0 saturated heterocycles. The minimum atomic E-state index is -4.34. The van der Waals surface area contributed by atoms with Gasteiger partial charge in [-0.1, -0.05) is 140 Å². The molecular formula is C39H73N2O6P. The van der Waals surface area contributed by atoms with Gasteiger partial charge in [-0.2, -0.15) is 0 Å². The molecule has 8 nitrogen and oxygen atoms in total. The van der Waals surface area contributed by atoms with Crippen molar-refractivity contribution >= 4 is 13.7 Å². The van der Waals surface area contributed by atoms with E-state index in [4.69, 9.17) is 14.8 Å². The van der Waals surface area contributed by atoms with Crippen molar-refractivity contribution in [2.24, 2.45) is 5.73 Å².